The number of sulfonamides is 1. The topological polar surface area (TPSA) is 96.0 Å². The van der Waals surface area contributed by atoms with Crippen molar-refractivity contribution in [2.24, 2.45) is 0 Å². The van der Waals surface area contributed by atoms with Crippen LogP contribution in [-0.2, 0) is 26.0 Å². The van der Waals surface area contributed by atoms with Crippen LogP contribution in [0.5, 0.6) is 5.75 Å². The first-order chi connectivity index (χ1) is 15.7. The second kappa shape index (κ2) is 12.2. The molecule has 0 spiro atoms. The number of anilines is 1. The molecular weight excluding hydrogens is 442 g/mol. The molecule has 8 nitrogen and oxygen atoms in total. The summed E-state index contributed by atoms with van der Waals surface area (Å²) >= 11 is 0. The Labute approximate surface area is 196 Å². The predicted octanol–water partition coefficient (Wildman–Crippen LogP) is 2.45. The molecule has 0 radical (unpaired) electrons. The molecule has 0 unspecified atom stereocenters. The third-order valence-corrected chi connectivity index (χ3v) is 6.36. The Morgan fingerprint density at radius 2 is 1.67 bits per heavy atom. The molecule has 0 aromatic heterocycles. The van der Waals surface area contributed by atoms with Gasteiger partial charge in [0, 0.05) is 13.6 Å². The maximum Gasteiger partial charge on any atom is 0.244 e. The average molecular weight is 476 g/mol. The number of para-hydroxylation sites is 2. The molecule has 180 valence electrons. The van der Waals surface area contributed by atoms with Crippen molar-refractivity contribution in [3.05, 3.63) is 60.2 Å². The SMILES string of the molecule is CCOc1ccccc1N(CC(=O)N(CCc1ccccc1)[C@@H](CC)C(=O)NC)S(C)(=O)=O. The third-order valence-electron chi connectivity index (χ3n) is 5.23. The summed E-state index contributed by atoms with van der Waals surface area (Å²) in [7, 11) is -2.29. The molecule has 2 aromatic carbocycles. The standard InChI is InChI=1S/C24H33N3O5S/c1-5-20(24(29)25-3)26(17-16-19-12-8-7-9-13-19)23(28)18-27(33(4,30)31)21-14-10-11-15-22(21)32-6-2/h7-15,20H,5-6,16-18H2,1-4H3,(H,25,29)/t20-/m0/s1. The molecule has 0 saturated carbocycles. The van der Waals surface area contributed by atoms with E-state index in [1.165, 1.54) is 11.9 Å². The molecule has 0 bridgehead atoms. The number of amides is 2. The summed E-state index contributed by atoms with van der Waals surface area (Å²) in [6.07, 6.45) is 1.98. The predicted molar refractivity (Wildman–Crippen MR) is 130 cm³/mol. The summed E-state index contributed by atoms with van der Waals surface area (Å²) in [6, 6.07) is 15.6. The van der Waals surface area contributed by atoms with Gasteiger partial charge in [-0.05, 0) is 37.5 Å². The minimum Gasteiger partial charge on any atom is -0.492 e. The van der Waals surface area contributed by atoms with E-state index in [2.05, 4.69) is 5.32 Å². The van der Waals surface area contributed by atoms with E-state index in [-0.39, 0.29) is 18.1 Å². The van der Waals surface area contributed by atoms with Crippen molar-refractivity contribution >= 4 is 27.5 Å². The summed E-state index contributed by atoms with van der Waals surface area (Å²) in [6.45, 7) is 3.81. The fraction of sp³-hybridized carbons (Fsp3) is 0.417. The van der Waals surface area contributed by atoms with E-state index < -0.39 is 28.5 Å². The maximum atomic E-state index is 13.5. The number of hydrogen-bond donors (Lipinski definition) is 1. The molecule has 0 heterocycles. The van der Waals surface area contributed by atoms with Crippen LogP contribution in [0.3, 0.4) is 0 Å². The number of nitrogens with zero attached hydrogens (tertiary/aromatic N) is 2. The second-order valence-corrected chi connectivity index (χ2v) is 9.44. The summed E-state index contributed by atoms with van der Waals surface area (Å²) in [5.41, 5.74) is 1.30. The zero-order valence-corrected chi connectivity index (χ0v) is 20.5. The van der Waals surface area contributed by atoms with Crippen LogP contribution in [0.1, 0.15) is 25.8 Å². The number of ether oxygens (including phenoxy) is 1. The Kier molecular flexibility index (Phi) is 9.72. The quantitative estimate of drug-likeness (QED) is 0.509. The zero-order valence-electron chi connectivity index (χ0n) is 19.7. The van der Waals surface area contributed by atoms with E-state index >= 15 is 0 Å². The zero-order chi connectivity index (χ0) is 24.4. The molecule has 1 atom stereocenters. The highest BCUT2D eigenvalue weighted by Gasteiger charge is 2.31. The maximum absolute atomic E-state index is 13.5. The van der Waals surface area contributed by atoms with Gasteiger partial charge in [-0.3, -0.25) is 13.9 Å². The number of rotatable bonds is 12. The van der Waals surface area contributed by atoms with Crippen LogP contribution in [0, 0.1) is 0 Å². The minimum absolute atomic E-state index is 0.277. The summed E-state index contributed by atoms with van der Waals surface area (Å²) < 4.78 is 32.0. The van der Waals surface area contributed by atoms with Crippen molar-refractivity contribution in [3.8, 4) is 5.75 Å². The number of carbonyl (C=O) groups excluding carboxylic acids is 2. The Bertz CT molecular complexity index is 1030. The number of benzene rings is 2. The third kappa shape index (κ3) is 7.21. The van der Waals surface area contributed by atoms with Crippen molar-refractivity contribution in [1.29, 1.82) is 0 Å². The van der Waals surface area contributed by atoms with Crippen LogP contribution >= 0.6 is 0 Å². The van der Waals surface area contributed by atoms with Gasteiger partial charge < -0.3 is 15.0 Å². The Morgan fingerprint density at radius 3 is 2.24 bits per heavy atom. The molecular formula is C24H33N3O5S. The smallest absolute Gasteiger partial charge is 0.244 e. The number of hydrogen-bond acceptors (Lipinski definition) is 5. The average Bonchev–Trinajstić information content (AvgIpc) is 2.80. The molecule has 0 aliphatic carbocycles. The lowest BCUT2D eigenvalue weighted by molar-refractivity contribution is -0.139. The highest BCUT2D eigenvalue weighted by molar-refractivity contribution is 7.92. The molecule has 0 aliphatic rings. The van der Waals surface area contributed by atoms with E-state index in [0.29, 0.717) is 25.2 Å². The first-order valence-corrected chi connectivity index (χ1v) is 12.8. The normalized spacial score (nSPS) is 12.0. The van der Waals surface area contributed by atoms with Gasteiger partial charge in [0.05, 0.1) is 18.6 Å². The highest BCUT2D eigenvalue weighted by atomic mass is 32.2. The van der Waals surface area contributed by atoms with E-state index in [0.717, 1.165) is 16.1 Å². The van der Waals surface area contributed by atoms with Crippen LogP contribution in [0.2, 0.25) is 0 Å². The van der Waals surface area contributed by atoms with Gasteiger partial charge in [-0.25, -0.2) is 8.42 Å². The van der Waals surface area contributed by atoms with Crippen molar-refractivity contribution in [1.82, 2.24) is 10.2 Å². The first kappa shape index (κ1) is 26.2. The van der Waals surface area contributed by atoms with E-state index in [1.54, 1.807) is 31.2 Å². The van der Waals surface area contributed by atoms with Crippen LogP contribution < -0.4 is 14.4 Å². The van der Waals surface area contributed by atoms with Crippen LogP contribution in [-0.4, -0.2) is 64.2 Å². The molecule has 0 saturated heterocycles. The lowest BCUT2D eigenvalue weighted by atomic mass is 10.1. The van der Waals surface area contributed by atoms with Gasteiger partial charge in [0.2, 0.25) is 21.8 Å². The van der Waals surface area contributed by atoms with Crippen molar-refractivity contribution in [3.63, 3.8) is 0 Å². The van der Waals surface area contributed by atoms with Gasteiger partial charge >= 0.3 is 0 Å². The van der Waals surface area contributed by atoms with Gasteiger partial charge in [0.15, 0.2) is 0 Å². The number of nitrogens with one attached hydrogen (secondary N) is 1. The summed E-state index contributed by atoms with van der Waals surface area (Å²) in [5, 5.41) is 2.61. The monoisotopic (exact) mass is 475 g/mol. The Morgan fingerprint density at radius 1 is 1.03 bits per heavy atom. The number of carbonyl (C=O) groups is 2. The molecule has 0 fully saturated rings. The van der Waals surface area contributed by atoms with Gasteiger partial charge in [-0.2, -0.15) is 0 Å². The Balaban J connectivity index is 2.38. The lowest BCUT2D eigenvalue weighted by Crippen LogP contribution is -2.52. The molecule has 33 heavy (non-hydrogen) atoms. The second-order valence-electron chi connectivity index (χ2n) is 7.53. The van der Waals surface area contributed by atoms with E-state index in [4.69, 9.17) is 4.74 Å². The summed E-state index contributed by atoms with van der Waals surface area (Å²) in [5.74, 6) is -0.384. The van der Waals surface area contributed by atoms with Crippen molar-refractivity contribution in [2.75, 3.05) is 37.3 Å². The fourth-order valence-electron chi connectivity index (χ4n) is 3.60. The van der Waals surface area contributed by atoms with Gasteiger partial charge in [-0.15, -0.1) is 0 Å². The largest absolute Gasteiger partial charge is 0.492 e. The Hall–Kier alpha value is -3.07. The molecule has 9 heteroatoms. The minimum atomic E-state index is -3.81. The molecule has 2 aromatic rings. The number of likely N-dealkylation sites (N-methyl/N-ethyl adjacent to an activating group) is 1. The molecule has 2 rings (SSSR count). The molecule has 1 N–H and O–H groups in total. The lowest BCUT2D eigenvalue weighted by Gasteiger charge is -2.32. The highest BCUT2D eigenvalue weighted by Crippen LogP contribution is 2.30. The summed E-state index contributed by atoms with van der Waals surface area (Å²) in [4.78, 5) is 27.5. The van der Waals surface area contributed by atoms with E-state index in [1.807, 2.05) is 37.3 Å². The fourth-order valence-corrected chi connectivity index (χ4v) is 4.45. The van der Waals surface area contributed by atoms with E-state index in [9.17, 15) is 18.0 Å². The first-order valence-electron chi connectivity index (χ1n) is 11.0. The van der Waals surface area contributed by atoms with Gasteiger partial charge in [0.25, 0.3) is 0 Å². The van der Waals surface area contributed by atoms with Crippen molar-refractivity contribution in [2.45, 2.75) is 32.7 Å². The van der Waals surface area contributed by atoms with Gasteiger partial charge in [0.1, 0.15) is 18.3 Å². The van der Waals surface area contributed by atoms with Crippen LogP contribution in [0.25, 0.3) is 0 Å². The van der Waals surface area contributed by atoms with Gasteiger partial charge in [-0.1, -0.05) is 49.4 Å². The molecule has 0 aliphatic heterocycles. The van der Waals surface area contributed by atoms with Crippen LogP contribution in [0.15, 0.2) is 54.6 Å². The van der Waals surface area contributed by atoms with Crippen molar-refractivity contribution < 1.29 is 22.7 Å². The van der Waals surface area contributed by atoms with Crippen LogP contribution in [0.4, 0.5) is 5.69 Å². The molecule has 2 amide bonds.